The molecule has 0 aromatic heterocycles. The first-order valence-corrected chi connectivity index (χ1v) is 24.9. The lowest BCUT2D eigenvalue weighted by atomic mass is 10.1. The van der Waals surface area contributed by atoms with Crippen molar-refractivity contribution < 1.29 is 52.2 Å². The van der Waals surface area contributed by atoms with Gasteiger partial charge in [-0.15, -0.1) is 0 Å². The molecule has 1 fully saturated rings. The van der Waals surface area contributed by atoms with E-state index in [0.29, 0.717) is 19.3 Å². The average molecular weight is 880 g/mol. The quantitative estimate of drug-likeness (QED) is 0.0174. The molecule has 0 aromatic carbocycles. The number of carboxylic acid groups (broad SMARTS) is 1. The Morgan fingerprint density at radius 3 is 1.64 bits per heavy atom. The van der Waals surface area contributed by atoms with Crippen LogP contribution in [0.5, 0.6) is 0 Å². The van der Waals surface area contributed by atoms with Crippen molar-refractivity contribution in [3.8, 4) is 0 Å². The van der Waals surface area contributed by atoms with Gasteiger partial charge in [0.25, 0.3) is 0 Å². The molecule has 12 nitrogen and oxygen atoms in total. The number of phosphoric ester groups is 1. The zero-order valence-electron chi connectivity index (χ0n) is 37.7. The molecule has 350 valence electrons. The molecule has 1 aliphatic rings. The van der Waals surface area contributed by atoms with Gasteiger partial charge in [0.1, 0.15) is 12.6 Å². The Morgan fingerprint density at radius 2 is 1.08 bits per heavy atom. The summed E-state index contributed by atoms with van der Waals surface area (Å²) in [5.74, 6) is -2.47. The lowest BCUT2D eigenvalue weighted by Crippen LogP contribution is -2.34. The standard InChI is InChI=1S/C48H82NO11P/c1-3-5-7-9-11-13-15-17-18-19-20-21-22-23-25-27-29-31-33-37-47(51)59-42(40-57-61(54,55)58-41-43(49)48(52)53)39-56-46(50)38-34-36-45-44(60-45)35-32-30-28-26-24-16-14-12-10-8-6-4-2/h11-14,17-18,24,26,30,32,42-45H,3-10,15-16,19-23,25,27-29,31,33-41,49H2,1-2H3,(H,52,53)(H,54,55)/b13-11-,14-12-,18-17-,26-24-,32-30-/t42-,43+,44?,45?/m1/s1. The molecule has 5 atom stereocenters. The minimum Gasteiger partial charge on any atom is -0.480 e. The van der Waals surface area contributed by atoms with Crippen molar-refractivity contribution in [3.63, 3.8) is 0 Å². The fraction of sp³-hybridized carbons (Fsp3) is 0.729. The lowest BCUT2D eigenvalue weighted by Gasteiger charge is -2.20. The molecule has 1 rings (SSSR count). The predicted molar refractivity (Wildman–Crippen MR) is 244 cm³/mol. The number of phosphoric acid groups is 1. The van der Waals surface area contributed by atoms with Gasteiger partial charge in [0.05, 0.1) is 25.4 Å². The van der Waals surface area contributed by atoms with Crippen LogP contribution in [0.2, 0.25) is 0 Å². The normalized spacial score (nSPS) is 17.5. The highest BCUT2D eigenvalue weighted by Gasteiger charge is 2.36. The summed E-state index contributed by atoms with van der Waals surface area (Å²) in [5, 5.41) is 8.91. The molecule has 4 N–H and O–H groups in total. The van der Waals surface area contributed by atoms with Crippen molar-refractivity contribution in [2.75, 3.05) is 19.8 Å². The Hall–Kier alpha value is -2.86. The van der Waals surface area contributed by atoms with Gasteiger partial charge in [0.2, 0.25) is 0 Å². The molecule has 61 heavy (non-hydrogen) atoms. The summed E-state index contributed by atoms with van der Waals surface area (Å²) in [4.78, 5) is 46.2. The Kier molecular flexibility index (Phi) is 35.7. The molecule has 3 unspecified atom stereocenters. The van der Waals surface area contributed by atoms with Crippen LogP contribution in [0.3, 0.4) is 0 Å². The molecule has 0 saturated carbocycles. The highest BCUT2D eigenvalue weighted by Crippen LogP contribution is 2.43. The number of carbonyl (C=O) groups excluding carboxylic acids is 2. The smallest absolute Gasteiger partial charge is 0.472 e. The number of allylic oxidation sites excluding steroid dienone is 9. The number of carboxylic acids is 1. The molecule has 1 aliphatic heterocycles. The first-order valence-electron chi connectivity index (χ1n) is 23.4. The van der Waals surface area contributed by atoms with Crippen LogP contribution in [0.1, 0.15) is 181 Å². The van der Waals surface area contributed by atoms with Gasteiger partial charge in [-0.1, -0.05) is 145 Å². The highest BCUT2D eigenvalue weighted by atomic mass is 31.2. The summed E-state index contributed by atoms with van der Waals surface area (Å²) in [7, 11) is -4.74. The van der Waals surface area contributed by atoms with E-state index < -0.39 is 51.1 Å². The number of nitrogens with two attached hydrogens (primary N) is 1. The third-order valence-electron chi connectivity index (χ3n) is 10.2. The minimum atomic E-state index is -4.74. The van der Waals surface area contributed by atoms with E-state index in [9.17, 15) is 23.8 Å². The molecular weight excluding hydrogens is 797 g/mol. The Bertz CT molecular complexity index is 1330. The summed E-state index contributed by atoms with van der Waals surface area (Å²) in [5.41, 5.74) is 5.34. The van der Waals surface area contributed by atoms with Crippen molar-refractivity contribution in [1.82, 2.24) is 0 Å². The Morgan fingerprint density at radius 1 is 0.607 bits per heavy atom. The van der Waals surface area contributed by atoms with Crippen LogP contribution in [0.25, 0.3) is 0 Å². The van der Waals surface area contributed by atoms with E-state index in [2.05, 4.69) is 79.1 Å². The molecule has 1 heterocycles. The van der Waals surface area contributed by atoms with E-state index in [4.69, 9.17) is 29.6 Å². The number of esters is 2. The highest BCUT2D eigenvalue weighted by molar-refractivity contribution is 7.47. The summed E-state index contributed by atoms with van der Waals surface area (Å²) in [6, 6.07) is -1.54. The van der Waals surface area contributed by atoms with Crippen LogP contribution >= 0.6 is 7.82 Å². The number of aliphatic carboxylic acids is 1. The Balaban J connectivity index is 2.31. The third kappa shape index (κ3) is 36.3. The van der Waals surface area contributed by atoms with Gasteiger partial charge < -0.3 is 29.9 Å². The van der Waals surface area contributed by atoms with E-state index in [1.807, 2.05) is 0 Å². The van der Waals surface area contributed by atoms with Gasteiger partial charge in [-0.05, 0) is 83.5 Å². The molecule has 0 radical (unpaired) electrons. The number of epoxide rings is 1. The fourth-order valence-corrected chi connectivity index (χ4v) is 7.14. The number of ether oxygens (including phenoxy) is 3. The van der Waals surface area contributed by atoms with Crippen molar-refractivity contribution in [2.24, 2.45) is 5.73 Å². The second-order valence-corrected chi connectivity index (χ2v) is 17.4. The largest absolute Gasteiger partial charge is 0.480 e. The lowest BCUT2D eigenvalue weighted by molar-refractivity contribution is -0.161. The van der Waals surface area contributed by atoms with Crippen LogP contribution in [-0.2, 0) is 42.2 Å². The minimum absolute atomic E-state index is 0.0983. The number of rotatable bonds is 42. The molecule has 1 saturated heterocycles. The predicted octanol–water partition coefficient (Wildman–Crippen LogP) is 11.7. The second-order valence-electron chi connectivity index (χ2n) is 15.9. The van der Waals surface area contributed by atoms with E-state index in [0.717, 1.165) is 64.2 Å². The van der Waals surface area contributed by atoms with Crippen molar-refractivity contribution in [2.45, 2.75) is 205 Å². The Labute approximate surface area is 368 Å². The van der Waals surface area contributed by atoms with Crippen LogP contribution in [-0.4, -0.2) is 72.1 Å². The molecule has 0 aromatic rings. The molecule has 0 bridgehead atoms. The summed E-state index contributed by atoms with van der Waals surface area (Å²) < 4.78 is 38.5. The second kappa shape index (κ2) is 38.8. The molecule has 13 heteroatoms. The maximum Gasteiger partial charge on any atom is 0.472 e. The van der Waals surface area contributed by atoms with Crippen LogP contribution in [0.4, 0.5) is 0 Å². The molecule has 0 amide bonds. The molecule has 0 spiro atoms. The average Bonchev–Trinajstić information content (AvgIpc) is 3.99. The van der Waals surface area contributed by atoms with Gasteiger partial charge in [-0.3, -0.25) is 23.4 Å². The van der Waals surface area contributed by atoms with Crippen LogP contribution < -0.4 is 5.73 Å². The van der Waals surface area contributed by atoms with Crippen molar-refractivity contribution in [3.05, 3.63) is 60.8 Å². The summed E-state index contributed by atoms with van der Waals surface area (Å²) in [6.45, 7) is 2.67. The van der Waals surface area contributed by atoms with E-state index in [-0.39, 0.29) is 31.7 Å². The van der Waals surface area contributed by atoms with E-state index in [1.54, 1.807) is 0 Å². The SMILES string of the molecule is CCCCC/C=C\C/C=C\C/C=C\CC1OC1CCCC(=O)OC[C@H](COP(=O)(O)OC[C@H](N)C(=O)O)OC(=O)CCCCCCCCCCC/C=C\C/C=C\CCCCC. The summed E-state index contributed by atoms with van der Waals surface area (Å²) in [6.07, 6.45) is 47.2. The number of hydrogen-bond acceptors (Lipinski definition) is 10. The van der Waals surface area contributed by atoms with E-state index in [1.165, 1.54) is 70.6 Å². The number of unbranched alkanes of at least 4 members (excludes halogenated alkanes) is 15. The van der Waals surface area contributed by atoms with Crippen LogP contribution in [0, 0.1) is 0 Å². The topological polar surface area (TPSA) is 184 Å². The van der Waals surface area contributed by atoms with Gasteiger partial charge in [-0.25, -0.2) is 4.57 Å². The maximum absolute atomic E-state index is 12.7. The van der Waals surface area contributed by atoms with E-state index >= 15 is 0 Å². The summed E-state index contributed by atoms with van der Waals surface area (Å²) >= 11 is 0. The van der Waals surface area contributed by atoms with Crippen molar-refractivity contribution in [1.29, 1.82) is 0 Å². The zero-order valence-corrected chi connectivity index (χ0v) is 38.6. The van der Waals surface area contributed by atoms with Gasteiger partial charge in [0.15, 0.2) is 6.10 Å². The third-order valence-corrected chi connectivity index (χ3v) is 11.1. The monoisotopic (exact) mass is 880 g/mol. The van der Waals surface area contributed by atoms with Gasteiger partial charge >= 0.3 is 25.7 Å². The molecule has 0 aliphatic carbocycles. The van der Waals surface area contributed by atoms with Gasteiger partial charge in [0, 0.05) is 12.8 Å². The number of carbonyl (C=O) groups is 3. The van der Waals surface area contributed by atoms with Gasteiger partial charge in [-0.2, -0.15) is 0 Å². The zero-order chi connectivity index (χ0) is 44.7. The van der Waals surface area contributed by atoms with Crippen LogP contribution in [0.15, 0.2) is 60.8 Å². The van der Waals surface area contributed by atoms with Crippen molar-refractivity contribution >= 4 is 25.7 Å². The maximum atomic E-state index is 12.7. The fourth-order valence-electron chi connectivity index (χ4n) is 6.36. The first-order chi connectivity index (χ1) is 29.6. The molecular formula is C48H82NO11P. The number of hydrogen-bond donors (Lipinski definition) is 3. The first kappa shape index (κ1) is 56.2.